The molecule has 2 atom stereocenters. The maximum atomic E-state index is 10.5. The zero-order valence-corrected chi connectivity index (χ0v) is 9.28. The summed E-state index contributed by atoms with van der Waals surface area (Å²) in [6.07, 6.45) is 1.73. The van der Waals surface area contributed by atoms with Gasteiger partial charge in [0, 0.05) is 17.2 Å². The van der Waals surface area contributed by atoms with E-state index in [4.69, 9.17) is 10.8 Å². The molecule has 0 spiro atoms. The first-order valence-electron chi connectivity index (χ1n) is 4.62. The summed E-state index contributed by atoms with van der Waals surface area (Å²) in [5, 5.41) is 8.78. The maximum Gasteiger partial charge on any atom is 0.321 e. The number of aliphatic carboxylic acids is 1. The predicted octanol–water partition coefficient (Wildman–Crippen LogP) is 1.29. The minimum absolute atomic E-state index is 0.164. The highest BCUT2D eigenvalue weighted by Gasteiger charge is 2.14. The number of aromatic nitrogens is 1. The van der Waals surface area contributed by atoms with Crippen molar-refractivity contribution in [3.05, 3.63) is 30.1 Å². The zero-order valence-electron chi connectivity index (χ0n) is 8.46. The van der Waals surface area contributed by atoms with Crippen molar-refractivity contribution < 1.29 is 9.90 Å². The van der Waals surface area contributed by atoms with Gasteiger partial charge in [0.25, 0.3) is 0 Å². The van der Waals surface area contributed by atoms with Gasteiger partial charge >= 0.3 is 5.97 Å². The van der Waals surface area contributed by atoms with Gasteiger partial charge in [-0.2, -0.15) is 11.8 Å². The second kappa shape index (κ2) is 5.72. The molecular weight excluding hydrogens is 212 g/mol. The number of pyridine rings is 1. The van der Waals surface area contributed by atoms with Crippen LogP contribution in [0.15, 0.2) is 24.4 Å². The van der Waals surface area contributed by atoms with Crippen LogP contribution in [-0.4, -0.2) is 27.9 Å². The van der Waals surface area contributed by atoms with Crippen molar-refractivity contribution >= 4 is 17.7 Å². The number of carbonyl (C=O) groups is 1. The van der Waals surface area contributed by atoms with Crippen molar-refractivity contribution in [2.24, 2.45) is 5.73 Å². The zero-order chi connectivity index (χ0) is 11.3. The first-order chi connectivity index (χ1) is 7.11. The first kappa shape index (κ1) is 12.0. The molecule has 1 heterocycles. The van der Waals surface area contributed by atoms with Crippen LogP contribution in [-0.2, 0) is 4.79 Å². The summed E-state index contributed by atoms with van der Waals surface area (Å²) >= 11 is 1.50. The number of nitrogens with two attached hydrogens (primary N) is 1. The van der Waals surface area contributed by atoms with Gasteiger partial charge in [-0.15, -0.1) is 0 Å². The Labute approximate surface area is 92.9 Å². The highest BCUT2D eigenvalue weighted by Crippen LogP contribution is 2.26. The molecule has 1 rings (SSSR count). The van der Waals surface area contributed by atoms with Gasteiger partial charge in [0.15, 0.2) is 0 Å². The quantitative estimate of drug-likeness (QED) is 0.791. The molecule has 0 saturated heterocycles. The molecule has 1 aromatic rings. The normalized spacial score (nSPS) is 14.5. The van der Waals surface area contributed by atoms with Crippen molar-refractivity contribution in [1.29, 1.82) is 0 Å². The second-order valence-electron chi connectivity index (χ2n) is 3.17. The van der Waals surface area contributed by atoms with Gasteiger partial charge in [-0.25, -0.2) is 0 Å². The molecule has 1 aromatic heterocycles. The highest BCUT2D eigenvalue weighted by molar-refractivity contribution is 7.99. The molecule has 0 bridgehead atoms. The van der Waals surface area contributed by atoms with E-state index in [1.807, 2.05) is 25.1 Å². The molecule has 0 aliphatic heterocycles. The van der Waals surface area contributed by atoms with Gasteiger partial charge in [-0.1, -0.05) is 6.07 Å². The molecule has 0 fully saturated rings. The van der Waals surface area contributed by atoms with Crippen LogP contribution in [0.3, 0.4) is 0 Å². The van der Waals surface area contributed by atoms with Crippen LogP contribution < -0.4 is 5.73 Å². The molecular formula is C10H14N2O2S. The Morgan fingerprint density at radius 1 is 1.67 bits per heavy atom. The fourth-order valence-corrected chi connectivity index (χ4v) is 1.97. The molecule has 0 radical (unpaired) electrons. The van der Waals surface area contributed by atoms with E-state index in [9.17, 15) is 4.79 Å². The summed E-state index contributed by atoms with van der Waals surface area (Å²) in [6, 6.07) is 4.88. The number of hydrogen-bond donors (Lipinski definition) is 2. The van der Waals surface area contributed by atoms with E-state index in [0.717, 1.165) is 5.69 Å². The van der Waals surface area contributed by atoms with E-state index >= 15 is 0 Å². The number of hydrogen-bond acceptors (Lipinski definition) is 4. The lowest BCUT2D eigenvalue weighted by atomic mass is 10.3. The molecule has 0 aromatic carbocycles. The third-order valence-electron chi connectivity index (χ3n) is 1.95. The van der Waals surface area contributed by atoms with E-state index in [1.165, 1.54) is 11.8 Å². The van der Waals surface area contributed by atoms with Crippen molar-refractivity contribution in [1.82, 2.24) is 4.98 Å². The Hall–Kier alpha value is -1.07. The largest absolute Gasteiger partial charge is 0.480 e. The van der Waals surface area contributed by atoms with Crippen LogP contribution in [0, 0.1) is 0 Å². The van der Waals surface area contributed by atoms with E-state index in [2.05, 4.69) is 4.98 Å². The molecule has 3 N–H and O–H groups in total. The fraction of sp³-hybridized carbons (Fsp3) is 0.400. The van der Waals surface area contributed by atoms with Gasteiger partial charge in [-0.3, -0.25) is 9.78 Å². The molecule has 82 valence electrons. The third kappa shape index (κ3) is 3.89. The van der Waals surface area contributed by atoms with Gasteiger partial charge < -0.3 is 10.8 Å². The highest BCUT2D eigenvalue weighted by atomic mass is 32.2. The van der Waals surface area contributed by atoms with Gasteiger partial charge in [-0.05, 0) is 19.1 Å². The molecule has 0 aliphatic carbocycles. The Bertz CT molecular complexity index is 318. The fourth-order valence-electron chi connectivity index (χ4n) is 1.02. The van der Waals surface area contributed by atoms with Crippen LogP contribution >= 0.6 is 11.8 Å². The number of rotatable bonds is 5. The molecule has 0 saturated carbocycles. The second-order valence-corrected chi connectivity index (χ2v) is 4.55. The summed E-state index contributed by atoms with van der Waals surface area (Å²) < 4.78 is 0. The summed E-state index contributed by atoms with van der Waals surface area (Å²) in [6.45, 7) is 1.99. The molecule has 5 heteroatoms. The topological polar surface area (TPSA) is 76.2 Å². The van der Waals surface area contributed by atoms with Crippen molar-refractivity contribution in [3.63, 3.8) is 0 Å². The van der Waals surface area contributed by atoms with Crippen LogP contribution in [0.1, 0.15) is 17.9 Å². The molecule has 4 nitrogen and oxygen atoms in total. The number of nitrogens with zero attached hydrogens (tertiary/aromatic N) is 1. The standard InChI is InChI=1S/C10H14N2O2S/c1-7(9-4-2-3-5-12-9)15-6-8(11)10(13)14/h2-5,7-8H,6,11H2,1H3,(H,13,14). The Morgan fingerprint density at radius 3 is 2.93 bits per heavy atom. The average molecular weight is 226 g/mol. The van der Waals surface area contributed by atoms with E-state index in [-0.39, 0.29) is 5.25 Å². The predicted molar refractivity (Wildman–Crippen MR) is 60.7 cm³/mol. The monoisotopic (exact) mass is 226 g/mol. The van der Waals surface area contributed by atoms with Crippen LogP contribution in [0.4, 0.5) is 0 Å². The summed E-state index contributed by atoms with van der Waals surface area (Å²) in [7, 11) is 0. The summed E-state index contributed by atoms with van der Waals surface area (Å²) in [4.78, 5) is 14.7. The van der Waals surface area contributed by atoms with Gasteiger partial charge in [0.1, 0.15) is 6.04 Å². The number of thioether (sulfide) groups is 1. The third-order valence-corrected chi connectivity index (χ3v) is 3.24. The SMILES string of the molecule is CC(SCC(N)C(=O)O)c1ccccn1. The minimum Gasteiger partial charge on any atom is -0.480 e. The summed E-state index contributed by atoms with van der Waals surface area (Å²) in [5.41, 5.74) is 6.35. The smallest absolute Gasteiger partial charge is 0.321 e. The van der Waals surface area contributed by atoms with E-state index in [0.29, 0.717) is 5.75 Å². The molecule has 2 unspecified atom stereocenters. The van der Waals surface area contributed by atoms with Crippen molar-refractivity contribution in [2.45, 2.75) is 18.2 Å². The van der Waals surface area contributed by atoms with Crippen LogP contribution in [0.2, 0.25) is 0 Å². The summed E-state index contributed by atoms with van der Waals surface area (Å²) in [5.74, 6) is -0.566. The van der Waals surface area contributed by atoms with E-state index in [1.54, 1.807) is 6.20 Å². The average Bonchev–Trinajstić information content (AvgIpc) is 2.26. The number of carboxylic acids is 1. The van der Waals surface area contributed by atoms with Crippen LogP contribution in [0.25, 0.3) is 0 Å². The number of carboxylic acid groups (broad SMARTS) is 1. The van der Waals surface area contributed by atoms with Gasteiger partial charge in [0.2, 0.25) is 0 Å². The Balaban J connectivity index is 2.43. The van der Waals surface area contributed by atoms with E-state index < -0.39 is 12.0 Å². The van der Waals surface area contributed by atoms with Crippen molar-refractivity contribution in [3.8, 4) is 0 Å². The molecule has 0 amide bonds. The first-order valence-corrected chi connectivity index (χ1v) is 5.67. The Kier molecular flexibility index (Phi) is 4.58. The lowest BCUT2D eigenvalue weighted by molar-refractivity contribution is -0.137. The maximum absolute atomic E-state index is 10.5. The van der Waals surface area contributed by atoms with Gasteiger partial charge in [0.05, 0.1) is 5.69 Å². The minimum atomic E-state index is -0.962. The molecule has 0 aliphatic rings. The lowest BCUT2D eigenvalue weighted by Gasteiger charge is -2.12. The van der Waals surface area contributed by atoms with Crippen LogP contribution in [0.5, 0.6) is 0 Å². The Morgan fingerprint density at radius 2 is 2.40 bits per heavy atom. The molecule has 15 heavy (non-hydrogen) atoms. The lowest BCUT2D eigenvalue weighted by Crippen LogP contribution is -2.32. The van der Waals surface area contributed by atoms with Crippen molar-refractivity contribution in [2.75, 3.05) is 5.75 Å².